The van der Waals surface area contributed by atoms with Crippen LogP contribution in [-0.4, -0.2) is 64.8 Å². The number of carbonyl (C=O) groups excluding carboxylic acids is 1. The Kier molecular flexibility index (Phi) is 7.74. The van der Waals surface area contributed by atoms with Crippen molar-refractivity contribution in [3.63, 3.8) is 0 Å². The molecule has 1 atom stereocenters. The zero-order chi connectivity index (χ0) is 24.8. The maximum absolute atomic E-state index is 13.0. The molecule has 0 spiro atoms. The van der Waals surface area contributed by atoms with E-state index >= 15 is 0 Å². The molecule has 0 aliphatic carbocycles. The van der Waals surface area contributed by atoms with Gasteiger partial charge in [-0.1, -0.05) is 12.1 Å². The summed E-state index contributed by atoms with van der Waals surface area (Å²) in [4.78, 5) is 16.5. The van der Waals surface area contributed by atoms with E-state index in [9.17, 15) is 18.0 Å². The maximum atomic E-state index is 13.0. The first-order valence-corrected chi connectivity index (χ1v) is 11.8. The number of hydrogen-bond acceptors (Lipinski definition) is 5. The van der Waals surface area contributed by atoms with Crippen LogP contribution in [0.4, 0.5) is 23.7 Å². The normalized spacial score (nSPS) is 15.8. The van der Waals surface area contributed by atoms with Gasteiger partial charge in [-0.25, -0.2) is 4.79 Å². The lowest BCUT2D eigenvalue weighted by molar-refractivity contribution is -0.137. The van der Waals surface area contributed by atoms with Crippen molar-refractivity contribution in [2.24, 2.45) is 0 Å². The highest BCUT2D eigenvalue weighted by atomic mass is 19.4. The number of alkyl halides is 3. The first-order chi connectivity index (χ1) is 16.8. The minimum absolute atomic E-state index is 0.250. The first-order valence-electron chi connectivity index (χ1n) is 11.8. The molecule has 3 aromatic rings. The van der Waals surface area contributed by atoms with E-state index in [4.69, 9.17) is 0 Å². The van der Waals surface area contributed by atoms with Crippen LogP contribution in [0.15, 0.2) is 48.7 Å². The highest BCUT2D eigenvalue weighted by Crippen LogP contribution is 2.31. The Morgan fingerprint density at radius 1 is 1.06 bits per heavy atom. The Hall–Kier alpha value is -3.34. The number of pyridine rings is 1. The van der Waals surface area contributed by atoms with E-state index in [-0.39, 0.29) is 12.1 Å². The zero-order valence-electron chi connectivity index (χ0n) is 19.6. The van der Waals surface area contributed by atoms with Crippen molar-refractivity contribution in [3.8, 4) is 0 Å². The average molecular weight is 490 g/mol. The molecule has 1 aliphatic rings. The number of carbonyl (C=O) groups is 1. The lowest BCUT2D eigenvalue weighted by atomic mass is 10.1. The summed E-state index contributed by atoms with van der Waals surface area (Å²) in [5.74, 6) is 0.667. The van der Waals surface area contributed by atoms with Gasteiger partial charge in [0.05, 0.1) is 11.6 Å². The topological polar surface area (TPSA) is 77.8 Å². The maximum Gasteiger partial charge on any atom is 0.416 e. The number of benzene rings is 1. The van der Waals surface area contributed by atoms with Gasteiger partial charge in [0.1, 0.15) is 0 Å². The van der Waals surface area contributed by atoms with Crippen LogP contribution in [0.1, 0.15) is 37.2 Å². The Labute approximate surface area is 202 Å². The van der Waals surface area contributed by atoms with Crippen molar-refractivity contribution >= 4 is 17.4 Å². The van der Waals surface area contributed by atoms with Gasteiger partial charge in [-0.15, -0.1) is 10.2 Å². The molecule has 1 fully saturated rings. The van der Waals surface area contributed by atoms with Gasteiger partial charge >= 0.3 is 12.2 Å². The highest BCUT2D eigenvalue weighted by molar-refractivity contribution is 5.74. The second-order valence-corrected chi connectivity index (χ2v) is 8.69. The molecule has 188 valence electrons. The fourth-order valence-electron chi connectivity index (χ4n) is 4.24. The quantitative estimate of drug-likeness (QED) is 0.472. The summed E-state index contributed by atoms with van der Waals surface area (Å²) in [5, 5.41) is 14.0. The van der Waals surface area contributed by atoms with Gasteiger partial charge in [-0.3, -0.25) is 9.30 Å². The molecule has 4 rings (SSSR count). The van der Waals surface area contributed by atoms with Crippen LogP contribution >= 0.6 is 0 Å². The van der Waals surface area contributed by atoms with Gasteiger partial charge in [0, 0.05) is 44.6 Å². The van der Waals surface area contributed by atoms with Crippen LogP contribution < -0.4 is 15.5 Å². The standard InChI is InChI=1S/C24H30F3N7O/c1-18(22-31-30-21-9-2-4-12-34(21)22)29-23(35)28-10-3-5-11-32-13-15-33(16-14-32)20-8-6-7-19(17-20)24(25,26)27/h2,4,6-9,12,17-18H,3,5,10-11,13-16H2,1H3,(H2,28,29,35). The Morgan fingerprint density at radius 2 is 1.86 bits per heavy atom. The van der Waals surface area contributed by atoms with E-state index in [0.717, 1.165) is 44.2 Å². The average Bonchev–Trinajstić information content (AvgIpc) is 3.28. The number of fused-ring (bicyclic) bond motifs is 1. The smallest absolute Gasteiger partial charge is 0.369 e. The summed E-state index contributed by atoms with van der Waals surface area (Å²) < 4.78 is 40.8. The fraction of sp³-hybridized carbons (Fsp3) is 0.458. The van der Waals surface area contributed by atoms with E-state index in [1.807, 2.05) is 40.6 Å². The van der Waals surface area contributed by atoms with E-state index < -0.39 is 11.7 Å². The lowest BCUT2D eigenvalue weighted by Gasteiger charge is -2.36. The largest absolute Gasteiger partial charge is 0.416 e. The van der Waals surface area contributed by atoms with E-state index in [1.165, 1.54) is 12.1 Å². The van der Waals surface area contributed by atoms with E-state index in [2.05, 4.69) is 25.7 Å². The van der Waals surface area contributed by atoms with Gasteiger partial charge in [0.25, 0.3) is 0 Å². The number of halogens is 3. The van der Waals surface area contributed by atoms with Crippen LogP contribution in [0.25, 0.3) is 5.65 Å². The van der Waals surface area contributed by atoms with E-state index in [0.29, 0.717) is 31.1 Å². The van der Waals surface area contributed by atoms with Crippen molar-refractivity contribution in [2.45, 2.75) is 32.0 Å². The van der Waals surface area contributed by atoms with Crippen LogP contribution in [-0.2, 0) is 6.18 Å². The second kappa shape index (κ2) is 10.9. The summed E-state index contributed by atoms with van der Waals surface area (Å²) in [6.45, 7) is 6.30. The minimum Gasteiger partial charge on any atom is -0.369 e. The van der Waals surface area contributed by atoms with Crippen molar-refractivity contribution in [1.82, 2.24) is 30.1 Å². The third kappa shape index (κ3) is 6.41. The van der Waals surface area contributed by atoms with Crippen molar-refractivity contribution in [1.29, 1.82) is 0 Å². The summed E-state index contributed by atoms with van der Waals surface area (Å²) >= 11 is 0. The molecule has 35 heavy (non-hydrogen) atoms. The number of anilines is 1. The third-order valence-corrected chi connectivity index (χ3v) is 6.17. The minimum atomic E-state index is -4.33. The van der Waals surface area contributed by atoms with E-state index in [1.54, 1.807) is 6.07 Å². The third-order valence-electron chi connectivity index (χ3n) is 6.17. The van der Waals surface area contributed by atoms with Crippen molar-refractivity contribution < 1.29 is 18.0 Å². The predicted molar refractivity (Wildman–Crippen MR) is 127 cm³/mol. The number of aromatic nitrogens is 3. The molecule has 8 nitrogen and oxygen atoms in total. The summed E-state index contributed by atoms with van der Waals surface area (Å²) in [7, 11) is 0. The number of piperazine rings is 1. The Balaban J connectivity index is 1.12. The molecule has 0 radical (unpaired) electrons. The van der Waals surface area contributed by atoms with Crippen molar-refractivity contribution in [2.75, 3.05) is 44.2 Å². The molecule has 1 aromatic carbocycles. The van der Waals surface area contributed by atoms with Gasteiger partial charge in [-0.05, 0) is 56.6 Å². The van der Waals surface area contributed by atoms with Gasteiger partial charge in [0.2, 0.25) is 0 Å². The predicted octanol–water partition coefficient (Wildman–Crippen LogP) is 3.71. The molecule has 3 heterocycles. The molecule has 1 aliphatic heterocycles. The lowest BCUT2D eigenvalue weighted by Crippen LogP contribution is -2.46. The number of nitrogens with one attached hydrogen (secondary N) is 2. The number of hydrogen-bond donors (Lipinski definition) is 2. The molecule has 0 saturated carbocycles. The Morgan fingerprint density at radius 3 is 2.63 bits per heavy atom. The van der Waals surface area contributed by atoms with Gasteiger partial charge in [-0.2, -0.15) is 13.2 Å². The van der Waals surface area contributed by atoms with Crippen LogP contribution in [0.2, 0.25) is 0 Å². The van der Waals surface area contributed by atoms with Crippen LogP contribution in [0.5, 0.6) is 0 Å². The highest BCUT2D eigenvalue weighted by Gasteiger charge is 2.31. The number of urea groups is 1. The molecular weight excluding hydrogens is 459 g/mol. The molecule has 2 amide bonds. The number of amides is 2. The van der Waals surface area contributed by atoms with Crippen LogP contribution in [0.3, 0.4) is 0 Å². The van der Waals surface area contributed by atoms with Gasteiger partial charge in [0.15, 0.2) is 11.5 Å². The summed E-state index contributed by atoms with van der Waals surface area (Å²) in [6.07, 6.45) is -0.705. The SMILES string of the molecule is CC(NC(=O)NCCCCN1CCN(c2cccc(C(F)(F)F)c2)CC1)c1nnc2ccccn12. The molecular formula is C24H30F3N7O. The van der Waals surface area contributed by atoms with Crippen molar-refractivity contribution in [3.05, 3.63) is 60.0 Å². The molecule has 2 N–H and O–H groups in total. The number of rotatable bonds is 8. The monoisotopic (exact) mass is 489 g/mol. The molecule has 2 aromatic heterocycles. The molecule has 1 saturated heterocycles. The number of unbranched alkanes of at least 4 members (excludes halogenated alkanes) is 1. The molecule has 1 unspecified atom stereocenters. The van der Waals surface area contributed by atoms with Crippen LogP contribution in [0, 0.1) is 0 Å². The number of nitrogens with zero attached hydrogens (tertiary/aromatic N) is 5. The van der Waals surface area contributed by atoms with Gasteiger partial charge < -0.3 is 15.5 Å². The fourth-order valence-corrected chi connectivity index (χ4v) is 4.24. The summed E-state index contributed by atoms with van der Waals surface area (Å²) in [6, 6.07) is 10.6. The second-order valence-electron chi connectivity index (χ2n) is 8.69. The Bertz CT molecular complexity index is 1130. The first kappa shape index (κ1) is 24.8. The zero-order valence-corrected chi connectivity index (χ0v) is 19.6. The molecule has 0 bridgehead atoms. The summed E-state index contributed by atoms with van der Waals surface area (Å²) in [5.41, 5.74) is 0.730. The molecule has 11 heteroatoms.